The molecule has 6 nitrogen and oxygen atoms in total. The first-order chi connectivity index (χ1) is 13.3. The number of ether oxygens (including phenoxy) is 2. The molecule has 3 rings (SSSR count). The van der Waals surface area contributed by atoms with Crippen molar-refractivity contribution in [1.82, 2.24) is 9.38 Å². The summed E-state index contributed by atoms with van der Waals surface area (Å²) in [7, 11) is 2.92. The van der Waals surface area contributed by atoms with Crippen LogP contribution in [0.5, 0.6) is 11.5 Å². The second-order valence-corrected chi connectivity index (χ2v) is 5.92. The Balaban J connectivity index is 2.08. The number of hydrogen-bond donors (Lipinski definition) is 1. The van der Waals surface area contributed by atoms with E-state index in [0.29, 0.717) is 29.3 Å². The van der Waals surface area contributed by atoms with Crippen LogP contribution < -0.4 is 14.8 Å². The summed E-state index contributed by atoms with van der Waals surface area (Å²) < 4.78 is 50.8. The Morgan fingerprint density at radius 3 is 2.54 bits per heavy atom. The predicted molar refractivity (Wildman–Crippen MR) is 97.1 cm³/mol. The quantitative estimate of drug-likeness (QED) is 0.706. The lowest BCUT2D eigenvalue weighted by atomic mass is 10.2. The van der Waals surface area contributed by atoms with E-state index in [-0.39, 0.29) is 11.3 Å². The molecule has 0 radical (unpaired) electrons. The Morgan fingerprint density at radius 2 is 1.93 bits per heavy atom. The third-order valence-electron chi connectivity index (χ3n) is 4.22. The van der Waals surface area contributed by atoms with Crippen molar-refractivity contribution in [3.63, 3.8) is 0 Å². The number of benzene rings is 1. The number of alkyl halides is 3. The van der Waals surface area contributed by atoms with Gasteiger partial charge in [0.2, 0.25) is 0 Å². The molecule has 28 heavy (non-hydrogen) atoms. The zero-order valence-corrected chi connectivity index (χ0v) is 15.4. The Labute approximate surface area is 158 Å². The number of anilines is 1. The van der Waals surface area contributed by atoms with E-state index < -0.39 is 17.6 Å². The van der Waals surface area contributed by atoms with Crippen LogP contribution in [0.15, 0.2) is 36.5 Å². The Bertz CT molecular complexity index is 1030. The number of imidazole rings is 1. The van der Waals surface area contributed by atoms with Crippen LogP contribution in [-0.2, 0) is 12.6 Å². The minimum atomic E-state index is -4.53. The second-order valence-electron chi connectivity index (χ2n) is 5.92. The molecule has 1 amide bonds. The molecule has 0 aliphatic carbocycles. The third-order valence-corrected chi connectivity index (χ3v) is 4.22. The van der Waals surface area contributed by atoms with Gasteiger partial charge in [-0.3, -0.25) is 9.20 Å². The van der Waals surface area contributed by atoms with E-state index in [1.165, 1.54) is 20.3 Å². The van der Waals surface area contributed by atoms with E-state index in [9.17, 15) is 18.0 Å². The number of methoxy groups -OCH3 is 2. The van der Waals surface area contributed by atoms with Gasteiger partial charge in [0.05, 0.1) is 31.2 Å². The van der Waals surface area contributed by atoms with Crippen molar-refractivity contribution in [2.45, 2.75) is 19.5 Å². The molecule has 2 heterocycles. The number of pyridine rings is 1. The molecule has 0 bridgehead atoms. The maximum atomic E-state index is 13.1. The number of carbonyl (C=O) groups excluding carboxylic acids is 1. The van der Waals surface area contributed by atoms with Gasteiger partial charge in [-0.25, -0.2) is 4.98 Å². The van der Waals surface area contributed by atoms with Crippen LogP contribution >= 0.6 is 0 Å². The molecule has 3 aromatic rings. The molecule has 0 atom stereocenters. The second kappa shape index (κ2) is 7.41. The van der Waals surface area contributed by atoms with E-state index in [1.807, 2.05) is 0 Å². The summed E-state index contributed by atoms with van der Waals surface area (Å²) in [6.07, 6.45) is -3.28. The number of hydrogen-bond acceptors (Lipinski definition) is 4. The van der Waals surface area contributed by atoms with Crippen LogP contribution in [0.2, 0.25) is 0 Å². The molecular formula is C19H18F3N3O3. The Morgan fingerprint density at radius 1 is 1.18 bits per heavy atom. The SMILES string of the molecule is CCc1nc2ccc(C(F)(F)F)cn2c1C(=O)Nc1cc(OC)ccc1OC. The summed E-state index contributed by atoms with van der Waals surface area (Å²) in [5.74, 6) is 0.275. The highest BCUT2D eigenvalue weighted by Crippen LogP contribution is 2.31. The maximum absolute atomic E-state index is 13.1. The maximum Gasteiger partial charge on any atom is 0.417 e. The number of nitrogens with zero attached hydrogens (tertiary/aromatic N) is 2. The van der Waals surface area contributed by atoms with Crippen molar-refractivity contribution in [3.05, 3.63) is 53.5 Å². The minimum Gasteiger partial charge on any atom is -0.497 e. The van der Waals surface area contributed by atoms with Crippen LogP contribution in [-0.4, -0.2) is 29.5 Å². The van der Waals surface area contributed by atoms with E-state index in [0.717, 1.165) is 16.7 Å². The molecule has 2 aromatic heterocycles. The number of rotatable bonds is 5. The van der Waals surface area contributed by atoms with Gasteiger partial charge in [-0.2, -0.15) is 13.2 Å². The van der Waals surface area contributed by atoms with Crippen molar-refractivity contribution in [2.24, 2.45) is 0 Å². The van der Waals surface area contributed by atoms with Gasteiger partial charge in [0.15, 0.2) is 0 Å². The van der Waals surface area contributed by atoms with Gasteiger partial charge in [-0.1, -0.05) is 6.92 Å². The highest BCUT2D eigenvalue weighted by atomic mass is 19.4. The van der Waals surface area contributed by atoms with E-state index >= 15 is 0 Å². The fourth-order valence-electron chi connectivity index (χ4n) is 2.84. The van der Waals surface area contributed by atoms with Gasteiger partial charge < -0.3 is 14.8 Å². The van der Waals surface area contributed by atoms with Gasteiger partial charge >= 0.3 is 6.18 Å². The minimum absolute atomic E-state index is 0.0356. The van der Waals surface area contributed by atoms with Gasteiger partial charge in [-0.05, 0) is 30.7 Å². The Kier molecular flexibility index (Phi) is 5.17. The number of aryl methyl sites for hydroxylation is 1. The fraction of sp³-hybridized carbons (Fsp3) is 0.263. The molecule has 0 fully saturated rings. The number of nitrogens with one attached hydrogen (secondary N) is 1. The molecular weight excluding hydrogens is 375 g/mol. The average molecular weight is 393 g/mol. The van der Waals surface area contributed by atoms with Crippen molar-refractivity contribution in [1.29, 1.82) is 0 Å². The molecule has 1 aromatic carbocycles. The van der Waals surface area contributed by atoms with Gasteiger partial charge in [0, 0.05) is 12.3 Å². The smallest absolute Gasteiger partial charge is 0.417 e. The monoisotopic (exact) mass is 393 g/mol. The molecule has 0 spiro atoms. The van der Waals surface area contributed by atoms with Crippen LogP contribution in [0, 0.1) is 0 Å². The highest BCUT2D eigenvalue weighted by Gasteiger charge is 2.32. The summed E-state index contributed by atoms with van der Waals surface area (Å²) >= 11 is 0. The van der Waals surface area contributed by atoms with Gasteiger partial charge in [-0.15, -0.1) is 0 Å². The topological polar surface area (TPSA) is 64.9 Å². The van der Waals surface area contributed by atoms with Gasteiger partial charge in [0.1, 0.15) is 22.8 Å². The fourth-order valence-corrected chi connectivity index (χ4v) is 2.84. The highest BCUT2D eigenvalue weighted by molar-refractivity contribution is 6.05. The van der Waals surface area contributed by atoms with E-state index in [4.69, 9.17) is 9.47 Å². The number of amides is 1. The molecule has 1 N–H and O–H groups in total. The molecule has 0 saturated heterocycles. The predicted octanol–water partition coefficient (Wildman–Crippen LogP) is 4.19. The molecule has 0 aliphatic rings. The molecule has 0 unspecified atom stereocenters. The first-order valence-electron chi connectivity index (χ1n) is 8.40. The molecule has 0 aliphatic heterocycles. The van der Waals surface area contributed by atoms with Crippen LogP contribution in [0.1, 0.15) is 28.7 Å². The summed E-state index contributed by atoms with van der Waals surface area (Å²) in [6.45, 7) is 1.77. The lowest BCUT2D eigenvalue weighted by Crippen LogP contribution is -2.17. The summed E-state index contributed by atoms with van der Waals surface area (Å²) in [5, 5.41) is 2.68. The summed E-state index contributed by atoms with van der Waals surface area (Å²) in [4.78, 5) is 17.2. The van der Waals surface area contributed by atoms with E-state index in [2.05, 4.69) is 10.3 Å². The standard InChI is InChI=1S/C19H18F3N3O3/c1-4-13-17(25-10-11(19(20,21)22)5-8-16(25)23-13)18(26)24-14-9-12(27-2)6-7-15(14)28-3/h5-10H,4H2,1-3H3,(H,24,26). The number of aromatic nitrogens is 2. The lowest BCUT2D eigenvalue weighted by molar-refractivity contribution is -0.137. The Hall–Kier alpha value is -3.23. The molecule has 9 heteroatoms. The number of carbonyl (C=O) groups is 1. The zero-order valence-electron chi connectivity index (χ0n) is 15.4. The average Bonchev–Trinajstić information content (AvgIpc) is 3.05. The van der Waals surface area contributed by atoms with Crippen LogP contribution in [0.3, 0.4) is 0 Å². The largest absolute Gasteiger partial charge is 0.497 e. The van der Waals surface area contributed by atoms with Crippen molar-refractivity contribution >= 4 is 17.2 Å². The van der Waals surface area contributed by atoms with Crippen molar-refractivity contribution in [2.75, 3.05) is 19.5 Å². The summed E-state index contributed by atoms with van der Waals surface area (Å²) in [6, 6.07) is 7.02. The number of fused-ring (bicyclic) bond motifs is 1. The summed E-state index contributed by atoms with van der Waals surface area (Å²) in [5.41, 5.74) is 0.142. The van der Waals surface area contributed by atoms with E-state index in [1.54, 1.807) is 25.1 Å². The zero-order chi connectivity index (χ0) is 20.5. The third kappa shape index (κ3) is 3.60. The first kappa shape index (κ1) is 19.5. The van der Waals surface area contributed by atoms with Crippen LogP contribution in [0.4, 0.5) is 18.9 Å². The van der Waals surface area contributed by atoms with Crippen molar-refractivity contribution < 1.29 is 27.4 Å². The molecule has 0 saturated carbocycles. The molecule has 148 valence electrons. The lowest BCUT2D eigenvalue weighted by Gasteiger charge is -2.13. The van der Waals surface area contributed by atoms with Gasteiger partial charge in [0.25, 0.3) is 5.91 Å². The van der Waals surface area contributed by atoms with Crippen molar-refractivity contribution in [3.8, 4) is 11.5 Å². The first-order valence-corrected chi connectivity index (χ1v) is 8.40. The van der Waals surface area contributed by atoms with Crippen LogP contribution in [0.25, 0.3) is 5.65 Å². The number of halogens is 3. The normalized spacial score (nSPS) is 11.5.